The van der Waals surface area contributed by atoms with Crippen LogP contribution < -0.4 is 0 Å². The summed E-state index contributed by atoms with van der Waals surface area (Å²) < 4.78 is 0. The number of carboxylic acid groups (broad SMARTS) is 1. The number of aromatic amines is 1. The Kier molecular flexibility index (Phi) is 3.64. The minimum absolute atomic E-state index is 0.00182. The molecule has 1 aromatic heterocycles. The molecule has 1 saturated heterocycles. The first-order valence-corrected chi connectivity index (χ1v) is 6.10. The predicted molar refractivity (Wildman–Crippen MR) is 63.8 cm³/mol. The third-order valence-corrected chi connectivity index (χ3v) is 3.41. The molecule has 2 heterocycles. The zero-order chi connectivity index (χ0) is 13.1. The second-order valence-corrected chi connectivity index (χ2v) is 4.75. The standard InChI is InChI=1S/C12H17N3O3/c1-8-3-2-6-15(11(8)12(17)18)10(16)7-9-4-5-13-14-9/h4-5,8,11H,2-3,6-7H2,1H3,(H,13,14)(H,17,18). The molecule has 2 rings (SSSR count). The largest absolute Gasteiger partial charge is 0.480 e. The highest BCUT2D eigenvalue weighted by Gasteiger charge is 2.36. The molecule has 0 radical (unpaired) electrons. The van der Waals surface area contributed by atoms with Crippen LogP contribution in [0.5, 0.6) is 0 Å². The highest BCUT2D eigenvalue weighted by atomic mass is 16.4. The van der Waals surface area contributed by atoms with Crippen molar-refractivity contribution in [1.29, 1.82) is 0 Å². The van der Waals surface area contributed by atoms with Gasteiger partial charge in [-0.1, -0.05) is 6.92 Å². The average molecular weight is 251 g/mol. The highest BCUT2D eigenvalue weighted by Crippen LogP contribution is 2.24. The number of carbonyl (C=O) groups is 2. The maximum atomic E-state index is 12.1. The minimum atomic E-state index is -0.917. The van der Waals surface area contributed by atoms with E-state index in [9.17, 15) is 14.7 Å². The van der Waals surface area contributed by atoms with Crippen LogP contribution in [0.15, 0.2) is 12.3 Å². The van der Waals surface area contributed by atoms with E-state index in [0.29, 0.717) is 12.2 Å². The van der Waals surface area contributed by atoms with Gasteiger partial charge in [0.15, 0.2) is 0 Å². The SMILES string of the molecule is CC1CCCN(C(=O)Cc2ccn[nH]2)C1C(=O)O. The van der Waals surface area contributed by atoms with Crippen molar-refractivity contribution in [2.75, 3.05) is 6.54 Å². The van der Waals surface area contributed by atoms with E-state index in [1.165, 1.54) is 4.90 Å². The van der Waals surface area contributed by atoms with E-state index in [1.54, 1.807) is 12.3 Å². The first kappa shape index (κ1) is 12.6. The third-order valence-electron chi connectivity index (χ3n) is 3.41. The molecule has 2 unspecified atom stereocenters. The van der Waals surface area contributed by atoms with Crippen LogP contribution in [0.25, 0.3) is 0 Å². The van der Waals surface area contributed by atoms with Crippen LogP contribution in [0.4, 0.5) is 0 Å². The molecule has 0 spiro atoms. The lowest BCUT2D eigenvalue weighted by Crippen LogP contribution is -2.52. The Morgan fingerprint density at radius 3 is 3.00 bits per heavy atom. The Hall–Kier alpha value is -1.85. The number of carbonyl (C=O) groups excluding carboxylic acids is 1. The molecule has 1 aliphatic rings. The molecule has 0 bridgehead atoms. The maximum absolute atomic E-state index is 12.1. The molecule has 2 N–H and O–H groups in total. The van der Waals surface area contributed by atoms with Crippen molar-refractivity contribution in [3.8, 4) is 0 Å². The molecular formula is C12H17N3O3. The van der Waals surface area contributed by atoms with Gasteiger partial charge in [-0.05, 0) is 24.8 Å². The molecule has 0 saturated carbocycles. The van der Waals surface area contributed by atoms with Crippen molar-refractivity contribution < 1.29 is 14.7 Å². The van der Waals surface area contributed by atoms with E-state index in [4.69, 9.17) is 0 Å². The van der Waals surface area contributed by atoms with Crippen LogP contribution >= 0.6 is 0 Å². The summed E-state index contributed by atoms with van der Waals surface area (Å²) in [6, 6.07) is 1.02. The number of aromatic nitrogens is 2. The molecule has 6 nitrogen and oxygen atoms in total. The van der Waals surface area contributed by atoms with Crippen LogP contribution in [0, 0.1) is 5.92 Å². The van der Waals surface area contributed by atoms with Crippen molar-refractivity contribution in [3.63, 3.8) is 0 Å². The normalized spacial score (nSPS) is 23.9. The Bertz CT molecular complexity index is 430. The van der Waals surface area contributed by atoms with Gasteiger partial charge in [-0.25, -0.2) is 4.79 Å². The topological polar surface area (TPSA) is 86.3 Å². The lowest BCUT2D eigenvalue weighted by molar-refractivity contribution is -0.154. The summed E-state index contributed by atoms with van der Waals surface area (Å²) in [5.41, 5.74) is 0.711. The summed E-state index contributed by atoms with van der Waals surface area (Å²) in [5.74, 6) is -1.07. The van der Waals surface area contributed by atoms with E-state index < -0.39 is 12.0 Å². The summed E-state index contributed by atoms with van der Waals surface area (Å²) >= 11 is 0. The Morgan fingerprint density at radius 1 is 1.61 bits per heavy atom. The summed E-state index contributed by atoms with van der Waals surface area (Å²) in [6.45, 7) is 2.41. The van der Waals surface area contributed by atoms with Gasteiger partial charge in [-0.15, -0.1) is 0 Å². The first-order valence-electron chi connectivity index (χ1n) is 6.10. The summed E-state index contributed by atoms with van der Waals surface area (Å²) in [4.78, 5) is 24.9. The number of hydrogen-bond donors (Lipinski definition) is 2. The second-order valence-electron chi connectivity index (χ2n) is 4.75. The molecule has 1 aromatic rings. The Morgan fingerprint density at radius 2 is 2.39 bits per heavy atom. The third kappa shape index (κ3) is 2.52. The van der Waals surface area contributed by atoms with Crippen LogP contribution in [0.2, 0.25) is 0 Å². The first-order chi connectivity index (χ1) is 8.59. The van der Waals surface area contributed by atoms with Crippen LogP contribution in [-0.4, -0.2) is 44.7 Å². The number of carboxylic acids is 1. The molecule has 18 heavy (non-hydrogen) atoms. The highest BCUT2D eigenvalue weighted by molar-refractivity contribution is 5.85. The number of piperidine rings is 1. The van der Waals surface area contributed by atoms with E-state index in [2.05, 4.69) is 10.2 Å². The second kappa shape index (κ2) is 5.20. The number of nitrogens with one attached hydrogen (secondary N) is 1. The van der Waals surface area contributed by atoms with Gasteiger partial charge < -0.3 is 10.0 Å². The van der Waals surface area contributed by atoms with Crippen LogP contribution in [0.3, 0.4) is 0 Å². The summed E-state index contributed by atoms with van der Waals surface area (Å²) in [6.07, 6.45) is 3.47. The van der Waals surface area contributed by atoms with Gasteiger partial charge >= 0.3 is 5.97 Å². The molecule has 6 heteroatoms. The molecule has 1 fully saturated rings. The predicted octanol–water partition coefficient (Wildman–Crippen LogP) is 0.664. The number of likely N-dealkylation sites (tertiary alicyclic amines) is 1. The minimum Gasteiger partial charge on any atom is -0.480 e. The number of aliphatic carboxylic acids is 1. The van der Waals surface area contributed by atoms with Gasteiger partial charge in [0.2, 0.25) is 5.91 Å². The Balaban J connectivity index is 2.09. The monoisotopic (exact) mass is 251 g/mol. The van der Waals surface area contributed by atoms with E-state index in [0.717, 1.165) is 12.8 Å². The van der Waals surface area contributed by atoms with E-state index in [-0.39, 0.29) is 18.2 Å². The molecule has 0 aromatic carbocycles. The molecule has 0 aliphatic carbocycles. The quantitative estimate of drug-likeness (QED) is 0.826. The number of rotatable bonds is 3. The van der Waals surface area contributed by atoms with Crippen molar-refractivity contribution in [1.82, 2.24) is 15.1 Å². The average Bonchev–Trinajstić information content (AvgIpc) is 2.80. The molecule has 98 valence electrons. The van der Waals surface area contributed by atoms with Gasteiger partial charge in [0.25, 0.3) is 0 Å². The summed E-state index contributed by atoms with van der Waals surface area (Å²) in [5, 5.41) is 15.7. The molecule has 1 aliphatic heterocycles. The van der Waals surface area contributed by atoms with Crippen molar-refractivity contribution in [2.45, 2.75) is 32.2 Å². The van der Waals surface area contributed by atoms with Gasteiger partial charge in [-0.3, -0.25) is 9.89 Å². The van der Waals surface area contributed by atoms with Gasteiger partial charge in [0, 0.05) is 18.4 Å². The van der Waals surface area contributed by atoms with Crippen LogP contribution in [-0.2, 0) is 16.0 Å². The zero-order valence-electron chi connectivity index (χ0n) is 10.3. The van der Waals surface area contributed by atoms with Gasteiger partial charge in [0.05, 0.1) is 6.42 Å². The van der Waals surface area contributed by atoms with Crippen molar-refractivity contribution >= 4 is 11.9 Å². The lowest BCUT2D eigenvalue weighted by Gasteiger charge is -2.37. The number of nitrogens with zero attached hydrogens (tertiary/aromatic N) is 2. The molecule has 2 atom stereocenters. The molecule has 1 amide bonds. The smallest absolute Gasteiger partial charge is 0.326 e. The zero-order valence-corrected chi connectivity index (χ0v) is 10.3. The molecular weight excluding hydrogens is 234 g/mol. The van der Waals surface area contributed by atoms with E-state index in [1.807, 2.05) is 6.92 Å². The van der Waals surface area contributed by atoms with Crippen molar-refractivity contribution in [2.24, 2.45) is 5.92 Å². The Labute approximate surface area is 105 Å². The van der Waals surface area contributed by atoms with Crippen LogP contribution in [0.1, 0.15) is 25.5 Å². The maximum Gasteiger partial charge on any atom is 0.326 e. The fourth-order valence-corrected chi connectivity index (χ4v) is 2.49. The lowest BCUT2D eigenvalue weighted by atomic mass is 9.90. The van der Waals surface area contributed by atoms with Gasteiger partial charge in [-0.2, -0.15) is 5.10 Å². The fourth-order valence-electron chi connectivity index (χ4n) is 2.49. The fraction of sp³-hybridized carbons (Fsp3) is 0.583. The van der Waals surface area contributed by atoms with Crippen molar-refractivity contribution in [3.05, 3.63) is 18.0 Å². The van der Waals surface area contributed by atoms with Gasteiger partial charge in [0.1, 0.15) is 6.04 Å². The van der Waals surface area contributed by atoms with E-state index >= 15 is 0 Å². The number of hydrogen-bond acceptors (Lipinski definition) is 3. The number of H-pyrrole nitrogens is 1. The number of amides is 1. The summed E-state index contributed by atoms with van der Waals surface area (Å²) in [7, 11) is 0.